The molecule has 0 fully saturated rings. The first-order chi connectivity index (χ1) is 6.72. The Bertz CT molecular complexity index is 358. The van der Waals surface area contributed by atoms with Crippen molar-refractivity contribution in [3.8, 4) is 0 Å². The molecule has 0 aromatic carbocycles. The van der Waals surface area contributed by atoms with E-state index in [4.69, 9.17) is 5.73 Å². The molecule has 5 heteroatoms. The van der Waals surface area contributed by atoms with Crippen LogP contribution in [-0.2, 0) is 17.9 Å². The Morgan fingerprint density at radius 1 is 1.64 bits per heavy atom. The summed E-state index contributed by atoms with van der Waals surface area (Å²) in [4.78, 5) is 17.3. The van der Waals surface area contributed by atoms with Crippen molar-refractivity contribution in [1.29, 1.82) is 0 Å². The number of hydrogen-bond donors (Lipinski definition) is 1. The highest BCUT2D eigenvalue weighted by atomic mass is 16.2. The molecule has 2 heterocycles. The molecular formula is C9H14N4O. The van der Waals surface area contributed by atoms with E-state index in [1.54, 1.807) is 11.8 Å². The van der Waals surface area contributed by atoms with E-state index >= 15 is 0 Å². The van der Waals surface area contributed by atoms with Gasteiger partial charge in [-0.15, -0.1) is 0 Å². The van der Waals surface area contributed by atoms with Gasteiger partial charge in [0.25, 0.3) is 0 Å². The summed E-state index contributed by atoms with van der Waals surface area (Å²) < 4.78 is 1.99. The van der Waals surface area contributed by atoms with E-state index in [2.05, 4.69) is 4.98 Å². The fraction of sp³-hybridized carbons (Fsp3) is 0.556. The third-order valence-electron chi connectivity index (χ3n) is 2.42. The molecule has 0 radical (unpaired) electrons. The van der Waals surface area contributed by atoms with E-state index in [1.165, 1.54) is 0 Å². The highest BCUT2D eigenvalue weighted by Gasteiger charge is 2.21. The Morgan fingerprint density at radius 2 is 2.43 bits per heavy atom. The highest BCUT2D eigenvalue weighted by Crippen LogP contribution is 2.20. The largest absolute Gasteiger partial charge is 0.325 e. The number of hydrogen-bond acceptors (Lipinski definition) is 3. The number of rotatable bonds is 1. The molecule has 1 amide bonds. The van der Waals surface area contributed by atoms with Gasteiger partial charge in [0.15, 0.2) is 0 Å². The number of anilines is 1. The SMILES string of the molecule is CC(=O)N1CCCn2cc(CN)nc21. The number of fused-ring (bicyclic) bond motifs is 1. The van der Waals surface area contributed by atoms with Crippen molar-refractivity contribution in [2.45, 2.75) is 26.4 Å². The Morgan fingerprint density at radius 3 is 3.07 bits per heavy atom. The van der Waals surface area contributed by atoms with Crippen LogP contribution >= 0.6 is 0 Å². The van der Waals surface area contributed by atoms with Crippen molar-refractivity contribution >= 4 is 11.9 Å². The average molecular weight is 194 g/mol. The summed E-state index contributed by atoms with van der Waals surface area (Å²) >= 11 is 0. The standard InChI is InChI=1S/C9H14N4O/c1-7(14)13-4-2-3-12-6-8(5-10)11-9(12)13/h6H,2-5,10H2,1H3. The third-order valence-corrected chi connectivity index (χ3v) is 2.42. The zero-order chi connectivity index (χ0) is 10.1. The minimum Gasteiger partial charge on any atom is -0.325 e. The van der Waals surface area contributed by atoms with Crippen molar-refractivity contribution in [3.05, 3.63) is 11.9 Å². The number of nitrogens with zero attached hydrogens (tertiary/aromatic N) is 3. The molecule has 0 unspecified atom stereocenters. The molecule has 2 N–H and O–H groups in total. The van der Waals surface area contributed by atoms with Crippen LogP contribution in [0.1, 0.15) is 19.0 Å². The summed E-state index contributed by atoms with van der Waals surface area (Å²) in [5.74, 6) is 0.782. The monoisotopic (exact) mass is 194 g/mol. The molecule has 5 nitrogen and oxygen atoms in total. The third kappa shape index (κ3) is 1.39. The molecule has 1 aromatic rings. The zero-order valence-electron chi connectivity index (χ0n) is 8.23. The Labute approximate surface area is 82.5 Å². The maximum Gasteiger partial charge on any atom is 0.226 e. The van der Waals surface area contributed by atoms with Crippen LogP contribution in [0.5, 0.6) is 0 Å². The smallest absolute Gasteiger partial charge is 0.226 e. The van der Waals surface area contributed by atoms with Gasteiger partial charge in [-0.05, 0) is 6.42 Å². The van der Waals surface area contributed by atoms with Crippen LogP contribution in [0.2, 0.25) is 0 Å². The quantitative estimate of drug-likeness (QED) is 0.689. The lowest BCUT2D eigenvalue weighted by molar-refractivity contribution is -0.116. The molecule has 0 saturated carbocycles. The number of carbonyl (C=O) groups is 1. The van der Waals surface area contributed by atoms with Crippen LogP contribution in [0.15, 0.2) is 6.20 Å². The molecule has 0 aliphatic carbocycles. The molecule has 0 bridgehead atoms. The number of imidazole rings is 1. The predicted octanol–water partition coefficient (Wildman–Crippen LogP) is 0.0984. The van der Waals surface area contributed by atoms with Crippen LogP contribution in [0.4, 0.5) is 5.95 Å². The maximum absolute atomic E-state index is 11.3. The number of aromatic nitrogens is 2. The normalized spacial score (nSPS) is 15.4. The van der Waals surface area contributed by atoms with Gasteiger partial charge >= 0.3 is 0 Å². The van der Waals surface area contributed by atoms with E-state index < -0.39 is 0 Å². The van der Waals surface area contributed by atoms with Crippen molar-refractivity contribution in [2.75, 3.05) is 11.4 Å². The fourth-order valence-corrected chi connectivity index (χ4v) is 1.73. The number of carbonyl (C=O) groups excluding carboxylic acids is 1. The lowest BCUT2D eigenvalue weighted by atomic mass is 10.3. The Balaban J connectivity index is 2.38. The first-order valence-electron chi connectivity index (χ1n) is 4.76. The lowest BCUT2D eigenvalue weighted by Gasteiger charge is -2.25. The second kappa shape index (κ2) is 3.42. The zero-order valence-corrected chi connectivity index (χ0v) is 8.23. The maximum atomic E-state index is 11.3. The summed E-state index contributed by atoms with van der Waals surface area (Å²) in [5.41, 5.74) is 6.35. The van der Waals surface area contributed by atoms with Crippen molar-refractivity contribution < 1.29 is 4.79 Å². The van der Waals surface area contributed by atoms with Gasteiger partial charge in [-0.3, -0.25) is 9.69 Å². The molecular weight excluding hydrogens is 180 g/mol. The Hall–Kier alpha value is -1.36. The van der Waals surface area contributed by atoms with Gasteiger partial charge in [-0.25, -0.2) is 4.98 Å². The van der Waals surface area contributed by atoms with Gasteiger partial charge in [0.2, 0.25) is 11.9 Å². The molecule has 0 atom stereocenters. The van der Waals surface area contributed by atoms with Crippen LogP contribution in [-0.4, -0.2) is 22.0 Å². The summed E-state index contributed by atoms with van der Waals surface area (Å²) in [5, 5.41) is 0. The first kappa shape index (κ1) is 9.21. The summed E-state index contributed by atoms with van der Waals surface area (Å²) in [6.45, 7) is 3.67. The van der Waals surface area contributed by atoms with Crippen molar-refractivity contribution in [2.24, 2.45) is 5.73 Å². The first-order valence-corrected chi connectivity index (χ1v) is 4.76. The van der Waals surface area contributed by atoms with Gasteiger partial charge in [0.1, 0.15) is 0 Å². The second-order valence-corrected chi connectivity index (χ2v) is 3.45. The molecule has 2 rings (SSSR count). The van der Waals surface area contributed by atoms with E-state index in [9.17, 15) is 4.79 Å². The van der Waals surface area contributed by atoms with E-state index in [-0.39, 0.29) is 5.91 Å². The van der Waals surface area contributed by atoms with Crippen molar-refractivity contribution in [3.63, 3.8) is 0 Å². The van der Waals surface area contributed by atoms with Crippen LogP contribution in [0, 0.1) is 0 Å². The van der Waals surface area contributed by atoms with Gasteiger partial charge in [0.05, 0.1) is 5.69 Å². The number of nitrogens with two attached hydrogens (primary N) is 1. The number of amides is 1. The van der Waals surface area contributed by atoms with Gasteiger partial charge in [-0.1, -0.05) is 0 Å². The average Bonchev–Trinajstić information content (AvgIpc) is 2.59. The minimum absolute atomic E-state index is 0.0418. The molecule has 0 saturated heterocycles. The van der Waals surface area contributed by atoms with Gasteiger partial charge in [-0.2, -0.15) is 0 Å². The van der Waals surface area contributed by atoms with E-state index in [0.717, 1.165) is 31.2 Å². The second-order valence-electron chi connectivity index (χ2n) is 3.45. The molecule has 14 heavy (non-hydrogen) atoms. The summed E-state index contributed by atoms with van der Waals surface area (Å²) in [7, 11) is 0. The molecule has 76 valence electrons. The van der Waals surface area contributed by atoms with Gasteiger partial charge < -0.3 is 10.3 Å². The van der Waals surface area contributed by atoms with E-state index in [1.807, 2.05) is 10.8 Å². The molecule has 1 aliphatic rings. The van der Waals surface area contributed by atoms with Crippen molar-refractivity contribution in [1.82, 2.24) is 9.55 Å². The van der Waals surface area contributed by atoms with Crippen LogP contribution < -0.4 is 10.6 Å². The number of aryl methyl sites for hydroxylation is 1. The van der Waals surface area contributed by atoms with Crippen LogP contribution in [0.3, 0.4) is 0 Å². The fourth-order valence-electron chi connectivity index (χ4n) is 1.73. The summed E-state index contributed by atoms with van der Waals surface area (Å²) in [6.07, 6.45) is 2.90. The molecule has 0 spiro atoms. The lowest BCUT2D eigenvalue weighted by Crippen LogP contribution is -2.35. The predicted molar refractivity (Wildman–Crippen MR) is 52.8 cm³/mol. The highest BCUT2D eigenvalue weighted by molar-refractivity contribution is 5.89. The summed E-state index contributed by atoms with van der Waals surface area (Å²) in [6, 6.07) is 0. The Kier molecular flexibility index (Phi) is 2.25. The minimum atomic E-state index is 0.0418. The van der Waals surface area contributed by atoms with Gasteiger partial charge in [0, 0.05) is 32.8 Å². The topological polar surface area (TPSA) is 64.2 Å². The molecule has 1 aliphatic heterocycles. The van der Waals surface area contributed by atoms with E-state index in [0.29, 0.717) is 6.54 Å². The molecule has 1 aromatic heterocycles. The van der Waals surface area contributed by atoms with Crippen LogP contribution in [0.25, 0.3) is 0 Å².